The van der Waals surface area contributed by atoms with E-state index >= 15 is 0 Å². The second kappa shape index (κ2) is 10.4. The zero-order valence-corrected chi connectivity index (χ0v) is 18.7. The third-order valence-corrected chi connectivity index (χ3v) is 2.87. The number of halogens is 2. The Morgan fingerprint density at radius 1 is 0.727 bits per heavy atom. The molecule has 0 aliphatic carbocycles. The molecule has 0 atom stereocenters. The fraction of sp³-hybridized carbons (Fsp3) is 0.812. The van der Waals surface area contributed by atoms with Gasteiger partial charge in [0.05, 0.1) is 5.69 Å². The molecule has 0 saturated heterocycles. The summed E-state index contributed by atoms with van der Waals surface area (Å²) in [4.78, 5) is 8.42. The molecular weight excluding hydrogens is 355 g/mol. The van der Waals surface area contributed by atoms with E-state index in [2.05, 4.69) is 67.3 Å². The van der Waals surface area contributed by atoms with E-state index in [9.17, 15) is 0 Å². The number of aromatic amines is 1. The number of rotatable bonds is 0. The van der Waals surface area contributed by atoms with Crippen LogP contribution in [-0.4, -0.2) is 17.1 Å². The van der Waals surface area contributed by atoms with E-state index in [0.29, 0.717) is 0 Å². The summed E-state index contributed by atoms with van der Waals surface area (Å²) in [6, 6.07) is 0. The van der Waals surface area contributed by atoms with Crippen molar-refractivity contribution in [2.45, 2.75) is 78.6 Å². The average Bonchev–Trinajstić information content (AvgIpc) is 2.62. The molecular formula is C16H31Cl2N2OTi-3. The minimum atomic E-state index is 0. The van der Waals surface area contributed by atoms with E-state index in [4.69, 9.17) is 10.1 Å². The summed E-state index contributed by atoms with van der Waals surface area (Å²) in [6.45, 7) is 20.0. The van der Waals surface area contributed by atoms with Gasteiger partial charge >= 0.3 is 0 Å². The summed E-state index contributed by atoms with van der Waals surface area (Å²) in [5.41, 5.74) is 2.75. The largest absolute Gasteiger partial charge is 1.00 e. The summed E-state index contributed by atoms with van der Waals surface area (Å²) in [7, 11) is 0.750. The SMILES string of the molecule is CC(C)(C)c1nc(C(C)(C)C)c(C(C)(C)C)[nH]1.C[O-].[Cl-].[Cl-].[Ti]. The van der Waals surface area contributed by atoms with Crippen LogP contribution in [0.3, 0.4) is 0 Å². The van der Waals surface area contributed by atoms with Crippen molar-refractivity contribution >= 4 is 0 Å². The minimum absolute atomic E-state index is 0. The Morgan fingerprint density at radius 2 is 1.09 bits per heavy atom. The normalized spacial score (nSPS) is 11.2. The van der Waals surface area contributed by atoms with Crippen molar-refractivity contribution in [2.24, 2.45) is 0 Å². The van der Waals surface area contributed by atoms with Crippen LogP contribution in [0.1, 0.15) is 79.5 Å². The Balaban J connectivity index is -0.000000310. The van der Waals surface area contributed by atoms with E-state index in [1.807, 2.05) is 0 Å². The standard InChI is InChI=1S/C15H28N2.CH3O.2ClH.Ti/c1-13(2,3)10-11(14(4,5)6)17-12(16-10)15(7,8)9;1-2;;;/h1-9H3,(H,16,17);1H3;2*1H;/q;-1;;;/p-2. The maximum absolute atomic E-state index is 8.25. The summed E-state index contributed by atoms with van der Waals surface area (Å²) in [5, 5.41) is 8.25. The van der Waals surface area contributed by atoms with Gasteiger partial charge < -0.3 is 34.9 Å². The molecule has 0 unspecified atom stereocenters. The van der Waals surface area contributed by atoms with Gasteiger partial charge in [0.2, 0.25) is 0 Å². The molecule has 0 fully saturated rings. The molecule has 1 aromatic rings. The van der Waals surface area contributed by atoms with Crippen LogP contribution in [0.2, 0.25) is 0 Å². The number of nitrogens with zero attached hydrogens (tertiary/aromatic N) is 1. The van der Waals surface area contributed by atoms with E-state index in [0.717, 1.165) is 12.9 Å². The van der Waals surface area contributed by atoms with Crippen LogP contribution in [0.4, 0.5) is 0 Å². The Kier molecular flexibility index (Phi) is 14.3. The second-order valence-electron chi connectivity index (χ2n) is 8.06. The molecule has 132 valence electrons. The van der Waals surface area contributed by atoms with Crippen LogP contribution in [-0.2, 0) is 38.0 Å². The van der Waals surface area contributed by atoms with Gasteiger partial charge in [-0.25, -0.2) is 4.98 Å². The Bertz CT molecular complexity index is 382. The van der Waals surface area contributed by atoms with Crippen LogP contribution in [0.5, 0.6) is 0 Å². The minimum Gasteiger partial charge on any atom is -1.00 e. The second-order valence-corrected chi connectivity index (χ2v) is 8.06. The van der Waals surface area contributed by atoms with Crippen molar-refractivity contribution in [3.05, 3.63) is 17.2 Å². The molecule has 1 N–H and O–H groups in total. The van der Waals surface area contributed by atoms with E-state index in [1.54, 1.807) is 0 Å². The first-order valence-electron chi connectivity index (χ1n) is 6.86. The van der Waals surface area contributed by atoms with Crippen LogP contribution in [0.15, 0.2) is 0 Å². The molecule has 0 bridgehead atoms. The van der Waals surface area contributed by atoms with Crippen molar-refractivity contribution in [2.75, 3.05) is 7.11 Å². The van der Waals surface area contributed by atoms with Crippen molar-refractivity contribution in [1.82, 2.24) is 9.97 Å². The van der Waals surface area contributed by atoms with Gasteiger partial charge in [0.15, 0.2) is 0 Å². The third-order valence-electron chi connectivity index (χ3n) is 2.87. The molecule has 3 nitrogen and oxygen atoms in total. The monoisotopic (exact) mass is 385 g/mol. The molecule has 0 saturated carbocycles. The summed E-state index contributed by atoms with van der Waals surface area (Å²) < 4.78 is 0. The first-order chi connectivity index (χ1) is 8.33. The van der Waals surface area contributed by atoms with Gasteiger partial charge in [-0.2, -0.15) is 7.11 Å². The van der Waals surface area contributed by atoms with Gasteiger partial charge in [0, 0.05) is 43.7 Å². The predicted molar refractivity (Wildman–Crippen MR) is 80.6 cm³/mol. The third kappa shape index (κ3) is 8.35. The number of imidazole rings is 1. The fourth-order valence-corrected chi connectivity index (χ4v) is 1.81. The summed E-state index contributed by atoms with van der Waals surface area (Å²) in [6.07, 6.45) is 0. The number of hydrogen-bond donors (Lipinski definition) is 1. The van der Waals surface area contributed by atoms with Crippen molar-refractivity contribution in [3.8, 4) is 0 Å². The van der Waals surface area contributed by atoms with Gasteiger partial charge in [-0.3, -0.25) is 0 Å². The molecule has 1 aromatic heterocycles. The molecule has 0 aromatic carbocycles. The van der Waals surface area contributed by atoms with E-state index < -0.39 is 0 Å². The van der Waals surface area contributed by atoms with Gasteiger partial charge in [-0.05, 0) is 0 Å². The Labute approximate surface area is 164 Å². The smallest absolute Gasteiger partial charge is 0.112 e. The maximum atomic E-state index is 8.25. The van der Waals surface area contributed by atoms with Gasteiger partial charge in [-0.15, -0.1) is 0 Å². The van der Waals surface area contributed by atoms with Crippen LogP contribution in [0, 0.1) is 0 Å². The average molecular weight is 386 g/mol. The van der Waals surface area contributed by atoms with Crippen LogP contribution < -0.4 is 29.9 Å². The number of H-pyrrole nitrogens is 1. The molecule has 0 radical (unpaired) electrons. The van der Waals surface area contributed by atoms with Crippen molar-refractivity contribution in [3.63, 3.8) is 0 Å². The number of hydrogen-bond acceptors (Lipinski definition) is 2. The molecule has 0 spiro atoms. The fourth-order valence-electron chi connectivity index (χ4n) is 1.81. The first-order valence-corrected chi connectivity index (χ1v) is 6.86. The zero-order valence-electron chi connectivity index (χ0n) is 15.6. The van der Waals surface area contributed by atoms with Gasteiger partial charge in [-0.1, -0.05) is 62.3 Å². The Morgan fingerprint density at radius 3 is 1.27 bits per heavy atom. The Hall–Kier alpha value is 0.464. The number of nitrogens with one attached hydrogen (secondary N) is 1. The van der Waals surface area contributed by atoms with Gasteiger partial charge in [0.1, 0.15) is 5.82 Å². The quantitative estimate of drug-likeness (QED) is 0.493. The predicted octanol–water partition coefficient (Wildman–Crippen LogP) is -2.72. The van der Waals surface area contributed by atoms with Crippen molar-refractivity contribution in [1.29, 1.82) is 0 Å². The van der Waals surface area contributed by atoms with Crippen molar-refractivity contribution < 1.29 is 51.6 Å². The maximum Gasteiger partial charge on any atom is 0.112 e. The molecule has 0 aliphatic heterocycles. The molecule has 1 heterocycles. The van der Waals surface area contributed by atoms with E-state index in [1.165, 1.54) is 11.4 Å². The number of aromatic nitrogens is 2. The topological polar surface area (TPSA) is 51.7 Å². The zero-order chi connectivity index (χ0) is 15.6. The summed E-state index contributed by atoms with van der Waals surface area (Å²) in [5.74, 6) is 1.09. The van der Waals surface area contributed by atoms with Crippen LogP contribution in [0.25, 0.3) is 0 Å². The summed E-state index contributed by atoms with van der Waals surface area (Å²) >= 11 is 0. The molecule has 0 aliphatic rings. The molecule has 6 heteroatoms. The van der Waals surface area contributed by atoms with E-state index in [-0.39, 0.29) is 62.8 Å². The molecule has 22 heavy (non-hydrogen) atoms. The van der Waals surface area contributed by atoms with Crippen LogP contribution >= 0.6 is 0 Å². The molecule has 1 rings (SSSR count). The molecule has 0 amide bonds. The first kappa shape index (κ1) is 30.4. The van der Waals surface area contributed by atoms with Gasteiger partial charge in [0.25, 0.3) is 0 Å².